The first kappa shape index (κ1) is 9.76. The molecule has 0 radical (unpaired) electrons. The van der Waals surface area contributed by atoms with Crippen molar-refractivity contribution in [2.45, 2.75) is 6.61 Å². The predicted octanol–water partition coefficient (Wildman–Crippen LogP) is 2.46. The van der Waals surface area contributed by atoms with Gasteiger partial charge in [0, 0.05) is 10.0 Å². The second kappa shape index (κ2) is 4.16. The molecule has 0 saturated heterocycles. The molecule has 1 aromatic carbocycles. The molecule has 1 heterocycles. The van der Waals surface area contributed by atoms with E-state index in [0.717, 1.165) is 15.0 Å². The summed E-state index contributed by atoms with van der Waals surface area (Å²) in [5.74, 6) is 0.477. The maximum Gasteiger partial charge on any atom is 0.168 e. The minimum absolute atomic E-state index is 0.107. The highest BCUT2D eigenvalue weighted by atomic mass is 79.9. The summed E-state index contributed by atoms with van der Waals surface area (Å²) in [7, 11) is 0. The second-order valence-corrected chi connectivity index (χ2v) is 4.35. The Kier molecular flexibility index (Phi) is 2.90. The molecule has 1 aromatic heterocycles. The molecular weight excluding hydrogens is 264 g/mol. The molecular formula is C9H7BrN2OS. The normalized spacial score (nSPS) is 10.4. The fraction of sp³-hybridized carbons (Fsp3) is 0.111. The molecule has 2 aromatic rings. The highest BCUT2D eigenvalue weighted by Gasteiger charge is 2.05. The highest BCUT2D eigenvalue weighted by molar-refractivity contribution is 9.10. The standard InChI is InChI=1S/C9H7BrN2OS/c10-7-3-1-2-6(4-7)9-11-8(5-13)12-14-9/h1-4,13H,5H2. The van der Waals surface area contributed by atoms with Crippen molar-refractivity contribution in [1.29, 1.82) is 0 Å². The number of aromatic nitrogens is 2. The van der Waals surface area contributed by atoms with E-state index in [9.17, 15) is 0 Å². The van der Waals surface area contributed by atoms with Crippen molar-refractivity contribution in [2.75, 3.05) is 0 Å². The quantitative estimate of drug-likeness (QED) is 0.912. The molecule has 3 nitrogen and oxygen atoms in total. The van der Waals surface area contributed by atoms with Crippen molar-refractivity contribution in [3.05, 3.63) is 34.6 Å². The lowest BCUT2D eigenvalue weighted by Gasteiger charge is -1.94. The summed E-state index contributed by atoms with van der Waals surface area (Å²) in [5, 5.41) is 9.65. The van der Waals surface area contributed by atoms with Gasteiger partial charge in [0.25, 0.3) is 0 Å². The van der Waals surface area contributed by atoms with Gasteiger partial charge in [0.1, 0.15) is 11.6 Å². The Hall–Kier alpha value is -0.780. The first-order valence-electron chi connectivity index (χ1n) is 3.99. The lowest BCUT2D eigenvalue weighted by Crippen LogP contribution is -1.84. The van der Waals surface area contributed by atoms with E-state index < -0.39 is 0 Å². The van der Waals surface area contributed by atoms with Gasteiger partial charge in [-0.3, -0.25) is 0 Å². The first-order valence-corrected chi connectivity index (χ1v) is 5.55. The predicted molar refractivity (Wildman–Crippen MR) is 59.0 cm³/mol. The molecule has 0 amide bonds. The molecule has 0 saturated carbocycles. The lowest BCUT2D eigenvalue weighted by molar-refractivity contribution is 0.273. The average molecular weight is 271 g/mol. The third-order valence-electron chi connectivity index (χ3n) is 1.68. The molecule has 14 heavy (non-hydrogen) atoms. The van der Waals surface area contributed by atoms with Gasteiger partial charge in [0.2, 0.25) is 0 Å². The summed E-state index contributed by atoms with van der Waals surface area (Å²) in [6, 6.07) is 7.84. The Bertz CT molecular complexity index is 444. The Morgan fingerprint density at radius 2 is 2.29 bits per heavy atom. The molecule has 1 N–H and O–H groups in total. The van der Waals surface area contributed by atoms with Gasteiger partial charge in [0.15, 0.2) is 5.82 Å². The number of aliphatic hydroxyl groups is 1. The number of hydrogen-bond donors (Lipinski definition) is 1. The Morgan fingerprint density at radius 1 is 1.43 bits per heavy atom. The van der Waals surface area contributed by atoms with Crippen LogP contribution in [0.25, 0.3) is 10.6 Å². The van der Waals surface area contributed by atoms with Crippen molar-refractivity contribution >= 4 is 27.5 Å². The van der Waals surface area contributed by atoms with Gasteiger partial charge in [-0.15, -0.1) is 0 Å². The minimum Gasteiger partial charge on any atom is -0.388 e. The van der Waals surface area contributed by atoms with Gasteiger partial charge >= 0.3 is 0 Å². The Balaban J connectivity index is 2.39. The lowest BCUT2D eigenvalue weighted by atomic mass is 10.2. The second-order valence-electron chi connectivity index (χ2n) is 2.68. The molecule has 0 aliphatic rings. The maximum atomic E-state index is 8.82. The van der Waals surface area contributed by atoms with Crippen LogP contribution in [0.3, 0.4) is 0 Å². The largest absolute Gasteiger partial charge is 0.388 e. The Labute approximate surface area is 93.7 Å². The van der Waals surface area contributed by atoms with Crippen LogP contribution in [-0.4, -0.2) is 14.5 Å². The van der Waals surface area contributed by atoms with E-state index in [1.165, 1.54) is 11.5 Å². The maximum absolute atomic E-state index is 8.82. The minimum atomic E-state index is -0.107. The van der Waals surface area contributed by atoms with E-state index in [4.69, 9.17) is 5.11 Å². The summed E-state index contributed by atoms with van der Waals surface area (Å²) in [5.41, 5.74) is 1.01. The molecule has 0 unspecified atom stereocenters. The number of aliphatic hydroxyl groups excluding tert-OH is 1. The van der Waals surface area contributed by atoms with Crippen LogP contribution in [0.4, 0.5) is 0 Å². The number of halogens is 1. The molecule has 5 heteroatoms. The van der Waals surface area contributed by atoms with Crippen LogP contribution in [0.5, 0.6) is 0 Å². The van der Waals surface area contributed by atoms with E-state index in [-0.39, 0.29) is 6.61 Å². The van der Waals surface area contributed by atoms with Crippen molar-refractivity contribution in [1.82, 2.24) is 9.36 Å². The van der Waals surface area contributed by atoms with Gasteiger partial charge in [-0.2, -0.15) is 4.37 Å². The summed E-state index contributed by atoms with van der Waals surface area (Å²) in [4.78, 5) is 4.18. The average Bonchev–Trinajstić information content (AvgIpc) is 2.66. The number of benzene rings is 1. The van der Waals surface area contributed by atoms with Crippen LogP contribution < -0.4 is 0 Å². The summed E-state index contributed by atoms with van der Waals surface area (Å²) in [6.45, 7) is -0.107. The third-order valence-corrected chi connectivity index (χ3v) is 2.98. The monoisotopic (exact) mass is 270 g/mol. The van der Waals surface area contributed by atoms with Crippen molar-refractivity contribution in [2.24, 2.45) is 0 Å². The molecule has 0 aliphatic heterocycles. The molecule has 0 fully saturated rings. The highest BCUT2D eigenvalue weighted by Crippen LogP contribution is 2.24. The summed E-state index contributed by atoms with van der Waals surface area (Å²) < 4.78 is 5.02. The summed E-state index contributed by atoms with van der Waals surface area (Å²) >= 11 is 4.68. The van der Waals surface area contributed by atoms with E-state index in [1.54, 1.807) is 0 Å². The fourth-order valence-electron chi connectivity index (χ4n) is 1.06. The molecule has 72 valence electrons. The van der Waals surface area contributed by atoms with Crippen LogP contribution in [0, 0.1) is 0 Å². The first-order chi connectivity index (χ1) is 6.79. The van der Waals surface area contributed by atoms with Crippen LogP contribution >= 0.6 is 27.5 Å². The van der Waals surface area contributed by atoms with E-state index in [1.807, 2.05) is 24.3 Å². The van der Waals surface area contributed by atoms with Crippen LogP contribution in [0.1, 0.15) is 5.82 Å². The van der Waals surface area contributed by atoms with Crippen LogP contribution in [-0.2, 0) is 6.61 Å². The fourth-order valence-corrected chi connectivity index (χ4v) is 2.13. The zero-order chi connectivity index (χ0) is 9.97. The number of rotatable bonds is 2. The van der Waals surface area contributed by atoms with E-state index in [2.05, 4.69) is 25.3 Å². The zero-order valence-corrected chi connectivity index (χ0v) is 9.55. The number of nitrogens with zero attached hydrogens (tertiary/aromatic N) is 2. The Morgan fingerprint density at radius 3 is 2.93 bits per heavy atom. The van der Waals surface area contributed by atoms with Crippen LogP contribution in [0.15, 0.2) is 28.7 Å². The van der Waals surface area contributed by atoms with Gasteiger partial charge in [-0.05, 0) is 23.7 Å². The molecule has 0 bridgehead atoms. The summed E-state index contributed by atoms with van der Waals surface area (Å²) in [6.07, 6.45) is 0. The van der Waals surface area contributed by atoms with Crippen molar-refractivity contribution in [3.8, 4) is 10.6 Å². The molecule has 0 spiro atoms. The van der Waals surface area contributed by atoms with Gasteiger partial charge in [0.05, 0.1) is 0 Å². The topological polar surface area (TPSA) is 46.0 Å². The molecule has 2 rings (SSSR count). The van der Waals surface area contributed by atoms with Crippen molar-refractivity contribution < 1.29 is 5.11 Å². The molecule has 0 aliphatic carbocycles. The van der Waals surface area contributed by atoms with Crippen molar-refractivity contribution in [3.63, 3.8) is 0 Å². The number of hydrogen-bond acceptors (Lipinski definition) is 4. The zero-order valence-electron chi connectivity index (χ0n) is 7.14. The third kappa shape index (κ3) is 2.00. The van der Waals surface area contributed by atoms with E-state index >= 15 is 0 Å². The van der Waals surface area contributed by atoms with Gasteiger partial charge in [-0.25, -0.2) is 4.98 Å². The molecule has 0 atom stereocenters. The van der Waals surface area contributed by atoms with Gasteiger partial charge < -0.3 is 5.11 Å². The smallest absolute Gasteiger partial charge is 0.168 e. The van der Waals surface area contributed by atoms with Crippen LogP contribution in [0.2, 0.25) is 0 Å². The van der Waals surface area contributed by atoms with E-state index in [0.29, 0.717) is 5.82 Å². The SMILES string of the molecule is OCc1nsc(-c2cccc(Br)c2)n1. The van der Waals surface area contributed by atoms with Gasteiger partial charge in [-0.1, -0.05) is 28.1 Å².